The van der Waals surface area contributed by atoms with E-state index >= 15 is 0 Å². The Morgan fingerprint density at radius 3 is 1.16 bits per heavy atom. The number of rotatable bonds is 20. The molecule has 4 N–H and O–H groups in total. The van der Waals surface area contributed by atoms with Crippen molar-refractivity contribution in [3.05, 3.63) is 108 Å². The Labute approximate surface area is 373 Å². The molecular formula is C48H58N10O6. The standard InChI is InChI=1S/2C24H29N5O3/c2*1-4-5-10-21(30)29(22(16(2)3)24(31)32)15-17-11-13-18(14-12-17)19-8-6-7-9-20(19)23-25-27-28-26-23/h2*6-9,11-14,16,22H,4-5,10,15H2,1-3H3,(H,31,32)(H,25,26,27,28)/t2*22-/m00/s1. The Balaban J connectivity index is 0.000000241. The van der Waals surface area contributed by atoms with Crippen LogP contribution >= 0.6 is 0 Å². The van der Waals surface area contributed by atoms with Crippen molar-refractivity contribution in [2.75, 3.05) is 0 Å². The number of nitrogens with zero attached hydrogens (tertiary/aromatic N) is 8. The van der Waals surface area contributed by atoms with Crippen LogP contribution in [0.4, 0.5) is 0 Å². The lowest BCUT2D eigenvalue weighted by Crippen LogP contribution is -2.47. The Hall–Kier alpha value is -7.10. The molecular weight excluding hydrogens is 813 g/mol. The number of hydrogen-bond donors (Lipinski definition) is 4. The second-order valence-electron chi connectivity index (χ2n) is 16.3. The fourth-order valence-corrected chi connectivity index (χ4v) is 7.57. The quantitative estimate of drug-likeness (QED) is 0.0568. The van der Waals surface area contributed by atoms with Crippen LogP contribution in [0.5, 0.6) is 0 Å². The SMILES string of the molecule is CCCCC(=O)N(Cc1ccc(-c2ccccc2-c2nn[nH]n2)cc1)[C@H](C(=O)O)C(C)C.CCCCC(=O)N(Cc1ccc(-c2ccccc2-c2nn[nH]n2)cc1)[C@H](C(=O)O)C(C)C. The first-order valence-electron chi connectivity index (χ1n) is 21.7. The summed E-state index contributed by atoms with van der Waals surface area (Å²) in [6, 6.07) is 29.4. The molecule has 64 heavy (non-hydrogen) atoms. The summed E-state index contributed by atoms with van der Waals surface area (Å²) in [6.07, 6.45) is 3.95. The highest BCUT2D eigenvalue weighted by Crippen LogP contribution is 2.32. The van der Waals surface area contributed by atoms with E-state index in [1.54, 1.807) is 0 Å². The number of aromatic amines is 2. The molecule has 2 atom stereocenters. The Morgan fingerprint density at radius 2 is 0.875 bits per heavy atom. The summed E-state index contributed by atoms with van der Waals surface area (Å²) in [5, 5.41) is 48.1. The molecule has 2 heterocycles. The number of H-pyrrole nitrogens is 2. The molecule has 6 aromatic rings. The van der Waals surface area contributed by atoms with Gasteiger partial charge in [0.2, 0.25) is 23.5 Å². The van der Waals surface area contributed by atoms with Gasteiger partial charge in [-0.15, -0.1) is 20.4 Å². The van der Waals surface area contributed by atoms with E-state index in [1.807, 2.05) is 139 Å². The molecule has 0 aliphatic carbocycles. The average molecular weight is 871 g/mol. The highest BCUT2D eigenvalue weighted by Gasteiger charge is 2.33. The first-order valence-corrected chi connectivity index (χ1v) is 21.7. The summed E-state index contributed by atoms with van der Waals surface area (Å²) in [5.74, 6) is -1.57. The summed E-state index contributed by atoms with van der Waals surface area (Å²) in [7, 11) is 0. The van der Waals surface area contributed by atoms with Gasteiger partial charge in [-0.1, -0.05) is 151 Å². The lowest BCUT2D eigenvalue weighted by molar-refractivity contribution is -0.153. The van der Waals surface area contributed by atoms with Gasteiger partial charge in [-0.2, -0.15) is 10.4 Å². The van der Waals surface area contributed by atoms with E-state index in [0.29, 0.717) is 24.5 Å². The van der Waals surface area contributed by atoms with Crippen LogP contribution in [0.2, 0.25) is 0 Å². The molecule has 0 saturated carbocycles. The zero-order valence-corrected chi connectivity index (χ0v) is 37.3. The van der Waals surface area contributed by atoms with Crippen LogP contribution in [0, 0.1) is 11.8 Å². The van der Waals surface area contributed by atoms with E-state index in [1.165, 1.54) is 9.80 Å². The van der Waals surface area contributed by atoms with Crippen molar-refractivity contribution < 1.29 is 29.4 Å². The van der Waals surface area contributed by atoms with Gasteiger partial charge in [0.1, 0.15) is 12.1 Å². The summed E-state index contributed by atoms with van der Waals surface area (Å²) in [4.78, 5) is 52.6. The van der Waals surface area contributed by atoms with E-state index in [0.717, 1.165) is 70.2 Å². The Bertz CT molecular complexity index is 2230. The highest BCUT2D eigenvalue weighted by molar-refractivity contribution is 5.85. The smallest absolute Gasteiger partial charge is 0.326 e. The number of carboxylic acids is 2. The predicted molar refractivity (Wildman–Crippen MR) is 243 cm³/mol. The number of amides is 2. The number of carbonyl (C=O) groups excluding carboxylic acids is 2. The number of hydrogen-bond acceptors (Lipinski definition) is 10. The third-order valence-electron chi connectivity index (χ3n) is 10.8. The van der Waals surface area contributed by atoms with Gasteiger partial charge in [0, 0.05) is 37.1 Å². The first kappa shape index (κ1) is 47.9. The molecule has 0 bridgehead atoms. The molecule has 0 fully saturated rings. The molecule has 16 nitrogen and oxygen atoms in total. The van der Waals surface area contributed by atoms with Crippen LogP contribution in [0.1, 0.15) is 91.2 Å². The second-order valence-corrected chi connectivity index (χ2v) is 16.3. The minimum absolute atomic E-state index is 0.125. The highest BCUT2D eigenvalue weighted by atomic mass is 16.4. The summed E-state index contributed by atoms with van der Waals surface area (Å²) in [6.45, 7) is 11.9. The maximum Gasteiger partial charge on any atom is 0.326 e. The normalized spacial score (nSPS) is 12.0. The van der Waals surface area contributed by atoms with E-state index in [-0.39, 0.29) is 36.7 Å². The number of benzene rings is 4. The topological polar surface area (TPSA) is 224 Å². The van der Waals surface area contributed by atoms with Crippen LogP contribution in [-0.4, -0.2) is 97.1 Å². The first-order chi connectivity index (χ1) is 30.8. The fraction of sp³-hybridized carbons (Fsp3) is 0.375. The van der Waals surface area contributed by atoms with Gasteiger partial charge < -0.3 is 20.0 Å². The van der Waals surface area contributed by atoms with Gasteiger partial charge >= 0.3 is 11.9 Å². The van der Waals surface area contributed by atoms with Crippen molar-refractivity contribution in [1.29, 1.82) is 0 Å². The third-order valence-corrected chi connectivity index (χ3v) is 10.8. The number of carbonyl (C=O) groups is 4. The van der Waals surface area contributed by atoms with Crippen LogP contribution < -0.4 is 0 Å². The molecule has 2 aromatic heterocycles. The number of aliphatic carboxylic acids is 2. The molecule has 0 spiro atoms. The fourth-order valence-electron chi connectivity index (χ4n) is 7.57. The summed E-state index contributed by atoms with van der Waals surface area (Å²) in [5.41, 5.74) is 7.33. The predicted octanol–water partition coefficient (Wildman–Crippen LogP) is 8.32. The second kappa shape index (κ2) is 23.4. The van der Waals surface area contributed by atoms with Gasteiger partial charge in [-0.3, -0.25) is 9.59 Å². The molecule has 4 aromatic carbocycles. The Morgan fingerprint density at radius 1 is 0.531 bits per heavy atom. The molecule has 0 unspecified atom stereocenters. The van der Waals surface area contributed by atoms with Crippen molar-refractivity contribution in [2.45, 2.75) is 105 Å². The lowest BCUT2D eigenvalue weighted by Gasteiger charge is -2.32. The van der Waals surface area contributed by atoms with Crippen molar-refractivity contribution in [2.24, 2.45) is 11.8 Å². The van der Waals surface area contributed by atoms with Crippen LogP contribution in [0.15, 0.2) is 97.1 Å². The maximum atomic E-state index is 12.9. The molecule has 0 aliphatic heterocycles. The molecule has 16 heteroatoms. The number of carboxylic acid groups (broad SMARTS) is 2. The van der Waals surface area contributed by atoms with Crippen molar-refractivity contribution in [1.82, 2.24) is 51.0 Å². The molecule has 0 saturated heterocycles. The summed E-state index contributed by atoms with van der Waals surface area (Å²) < 4.78 is 0. The molecule has 2 amide bonds. The maximum absolute atomic E-state index is 12.9. The monoisotopic (exact) mass is 870 g/mol. The molecule has 336 valence electrons. The van der Waals surface area contributed by atoms with Crippen LogP contribution in [-0.2, 0) is 32.3 Å². The van der Waals surface area contributed by atoms with Crippen molar-refractivity contribution in [3.63, 3.8) is 0 Å². The summed E-state index contributed by atoms with van der Waals surface area (Å²) >= 11 is 0. The third kappa shape index (κ3) is 12.5. The molecule has 0 aliphatic rings. The minimum Gasteiger partial charge on any atom is -0.480 e. The largest absolute Gasteiger partial charge is 0.480 e. The zero-order chi connectivity index (χ0) is 46.2. The van der Waals surface area contributed by atoms with Gasteiger partial charge in [0.15, 0.2) is 0 Å². The van der Waals surface area contributed by atoms with Crippen molar-refractivity contribution in [3.8, 4) is 45.0 Å². The minimum atomic E-state index is -0.976. The number of unbranched alkanes of at least 4 members (excludes halogenated alkanes) is 2. The van der Waals surface area contributed by atoms with Gasteiger partial charge in [-0.25, -0.2) is 9.59 Å². The van der Waals surface area contributed by atoms with E-state index < -0.39 is 24.0 Å². The van der Waals surface area contributed by atoms with Crippen LogP contribution in [0.3, 0.4) is 0 Å². The Kier molecular flexibility index (Phi) is 17.5. The number of nitrogens with one attached hydrogen (secondary N) is 2. The lowest BCUT2D eigenvalue weighted by atomic mass is 9.97. The number of aromatic nitrogens is 8. The zero-order valence-electron chi connectivity index (χ0n) is 37.3. The average Bonchev–Trinajstić information content (AvgIpc) is 4.04. The van der Waals surface area contributed by atoms with Gasteiger partial charge in [0.25, 0.3) is 0 Å². The van der Waals surface area contributed by atoms with E-state index in [9.17, 15) is 29.4 Å². The number of tetrazole rings is 2. The van der Waals surface area contributed by atoms with Gasteiger partial charge in [-0.05, 0) is 68.5 Å². The van der Waals surface area contributed by atoms with E-state index in [2.05, 4.69) is 41.2 Å². The van der Waals surface area contributed by atoms with Crippen LogP contribution in [0.25, 0.3) is 45.0 Å². The van der Waals surface area contributed by atoms with Crippen molar-refractivity contribution >= 4 is 23.8 Å². The molecule has 0 radical (unpaired) electrons. The van der Waals surface area contributed by atoms with Gasteiger partial charge in [0.05, 0.1) is 0 Å². The van der Waals surface area contributed by atoms with E-state index in [4.69, 9.17) is 0 Å². The molecule has 6 rings (SSSR count).